The van der Waals surface area contributed by atoms with Crippen molar-refractivity contribution in [2.75, 3.05) is 19.6 Å². The van der Waals surface area contributed by atoms with E-state index in [-0.39, 0.29) is 0 Å². The van der Waals surface area contributed by atoms with E-state index in [9.17, 15) is 5.11 Å². The quantitative estimate of drug-likeness (QED) is 0.874. The molecule has 3 nitrogen and oxygen atoms in total. The zero-order chi connectivity index (χ0) is 14.5. The number of hydrogen-bond acceptors (Lipinski definition) is 3. The lowest BCUT2D eigenvalue weighted by atomic mass is 9.85. The van der Waals surface area contributed by atoms with Crippen LogP contribution >= 0.6 is 0 Å². The topological polar surface area (TPSA) is 35.5 Å². The van der Waals surface area contributed by atoms with Gasteiger partial charge in [0.1, 0.15) is 0 Å². The molecular weight excluding hydrogens is 260 g/mol. The van der Waals surface area contributed by atoms with Crippen molar-refractivity contribution < 1.29 is 5.11 Å². The van der Waals surface area contributed by atoms with Gasteiger partial charge in [-0.15, -0.1) is 0 Å². The lowest BCUT2D eigenvalue weighted by Gasteiger charge is -2.33. The summed E-state index contributed by atoms with van der Waals surface area (Å²) in [4.78, 5) is 2.51. The van der Waals surface area contributed by atoms with E-state index < -0.39 is 5.60 Å². The first-order chi connectivity index (χ1) is 10.2. The summed E-state index contributed by atoms with van der Waals surface area (Å²) in [7, 11) is 0. The lowest BCUT2D eigenvalue weighted by molar-refractivity contribution is 0.00285. The number of nitrogens with zero attached hydrogens (tertiary/aromatic N) is 1. The Labute approximate surface area is 128 Å². The maximum atomic E-state index is 10.6. The zero-order valence-electron chi connectivity index (χ0n) is 12.9. The molecule has 1 heterocycles. The first-order valence-electron chi connectivity index (χ1n) is 8.46. The van der Waals surface area contributed by atoms with Gasteiger partial charge < -0.3 is 10.4 Å². The second kappa shape index (κ2) is 6.91. The van der Waals surface area contributed by atoms with E-state index in [2.05, 4.69) is 40.5 Å². The Balaban J connectivity index is 1.42. The average molecular weight is 288 g/mol. The monoisotopic (exact) mass is 288 g/mol. The number of benzene rings is 1. The molecule has 3 rings (SSSR count). The molecule has 2 N–H and O–H groups in total. The minimum absolute atomic E-state index is 0.439. The second-order valence-electron chi connectivity index (χ2n) is 6.87. The molecule has 1 aliphatic heterocycles. The molecule has 1 unspecified atom stereocenters. The highest BCUT2D eigenvalue weighted by molar-refractivity contribution is 5.14. The molecule has 0 bridgehead atoms. The third-order valence-corrected chi connectivity index (χ3v) is 5.03. The van der Waals surface area contributed by atoms with Gasteiger partial charge in [0.25, 0.3) is 0 Å². The standard InChI is InChI=1S/C18H28N2O/c21-18(10-5-2-6-11-18)15-19-17-9-12-20(14-17)13-16-7-3-1-4-8-16/h1,3-4,7-8,17,19,21H,2,5-6,9-15H2. The van der Waals surface area contributed by atoms with Crippen LogP contribution in [0.25, 0.3) is 0 Å². The molecule has 0 radical (unpaired) electrons. The summed E-state index contributed by atoms with van der Waals surface area (Å²) in [5.74, 6) is 0. The predicted molar refractivity (Wildman–Crippen MR) is 86.2 cm³/mol. The first-order valence-corrected chi connectivity index (χ1v) is 8.46. The van der Waals surface area contributed by atoms with Gasteiger partial charge >= 0.3 is 0 Å². The number of likely N-dealkylation sites (tertiary alicyclic amines) is 1. The normalized spacial score (nSPS) is 26.0. The molecule has 0 spiro atoms. The van der Waals surface area contributed by atoms with Gasteiger partial charge in [-0.3, -0.25) is 4.90 Å². The van der Waals surface area contributed by atoms with Crippen LogP contribution in [0.1, 0.15) is 44.1 Å². The van der Waals surface area contributed by atoms with Crippen molar-refractivity contribution in [3.63, 3.8) is 0 Å². The van der Waals surface area contributed by atoms with Crippen molar-refractivity contribution in [2.24, 2.45) is 0 Å². The SMILES string of the molecule is OC1(CNC2CCN(Cc3ccccc3)C2)CCCCC1. The van der Waals surface area contributed by atoms with Crippen molar-refractivity contribution >= 4 is 0 Å². The van der Waals surface area contributed by atoms with Gasteiger partial charge in [0, 0.05) is 32.2 Å². The second-order valence-corrected chi connectivity index (χ2v) is 6.87. The van der Waals surface area contributed by atoms with Crippen LogP contribution < -0.4 is 5.32 Å². The number of aliphatic hydroxyl groups is 1. The van der Waals surface area contributed by atoms with Crippen LogP contribution in [0.3, 0.4) is 0 Å². The number of nitrogens with one attached hydrogen (secondary N) is 1. The fourth-order valence-corrected chi connectivity index (χ4v) is 3.71. The summed E-state index contributed by atoms with van der Waals surface area (Å²) in [6.07, 6.45) is 6.80. The summed E-state index contributed by atoms with van der Waals surface area (Å²) >= 11 is 0. The zero-order valence-corrected chi connectivity index (χ0v) is 12.9. The van der Waals surface area contributed by atoms with Gasteiger partial charge in [0.05, 0.1) is 5.60 Å². The Morgan fingerprint density at radius 1 is 1.14 bits per heavy atom. The van der Waals surface area contributed by atoms with Crippen molar-refractivity contribution in [2.45, 2.75) is 56.7 Å². The molecule has 2 fully saturated rings. The maximum Gasteiger partial charge on any atom is 0.0771 e. The van der Waals surface area contributed by atoms with E-state index >= 15 is 0 Å². The molecule has 2 aliphatic rings. The molecule has 21 heavy (non-hydrogen) atoms. The van der Waals surface area contributed by atoms with Gasteiger partial charge in [-0.1, -0.05) is 49.6 Å². The van der Waals surface area contributed by atoms with Gasteiger partial charge in [0.15, 0.2) is 0 Å². The molecule has 116 valence electrons. The Kier molecular flexibility index (Phi) is 4.94. The Morgan fingerprint density at radius 3 is 2.67 bits per heavy atom. The molecule has 0 aromatic heterocycles. The molecular formula is C18H28N2O. The molecule has 0 amide bonds. The predicted octanol–water partition coefficient (Wildman–Crippen LogP) is 2.55. The van der Waals surface area contributed by atoms with E-state index in [1.165, 1.54) is 31.2 Å². The Bertz CT molecular complexity index is 428. The smallest absolute Gasteiger partial charge is 0.0771 e. The molecule has 1 aliphatic carbocycles. The van der Waals surface area contributed by atoms with Crippen molar-refractivity contribution in [3.8, 4) is 0 Å². The maximum absolute atomic E-state index is 10.6. The number of hydrogen-bond donors (Lipinski definition) is 2. The minimum atomic E-state index is -0.439. The van der Waals surface area contributed by atoms with Crippen molar-refractivity contribution in [1.29, 1.82) is 0 Å². The molecule has 1 saturated carbocycles. The van der Waals surface area contributed by atoms with Gasteiger partial charge in [-0.25, -0.2) is 0 Å². The summed E-state index contributed by atoms with van der Waals surface area (Å²) in [6, 6.07) is 11.2. The third kappa shape index (κ3) is 4.29. The van der Waals surface area contributed by atoms with E-state index in [0.717, 1.165) is 39.0 Å². The number of rotatable bonds is 5. The fraction of sp³-hybridized carbons (Fsp3) is 0.667. The van der Waals surface area contributed by atoms with Crippen molar-refractivity contribution in [3.05, 3.63) is 35.9 Å². The van der Waals surface area contributed by atoms with Gasteiger partial charge in [-0.2, -0.15) is 0 Å². The summed E-state index contributed by atoms with van der Waals surface area (Å²) in [5.41, 5.74) is 0.953. The van der Waals surface area contributed by atoms with Gasteiger partial charge in [-0.05, 0) is 24.8 Å². The van der Waals surface area contributed by atoms with Gasteiger partial charge in [0.2, 0.25) is 0 Å². The Hall–Kier alpha value is -0.900. The van der Waals surface area contributed by atoms with E-state index in [0.29, 0.717) is 6.04 Å². The summed E-state index contributed by atoms with van der Waals surface area (Å²) < 4.78 is 0. The van der Waals surface area contributed by atoms with Crippen LogP contribution in [0.15, 0.2) is 30.3 Å². The molecule has 1 aromatic rings. The summed E-state index contributed by atoms with van der Waals surface area (Å²) in [5, 5.41) is 14.2. The van der Waals surface area contributed by atoms with E-state index in [4.69, 9.17) is 0 Å². The van der Waals surface area contributed by atoms with Crippen LogP contribution in [0.2, 0.25) is 0 Å². The molecule has 1 saturated heterocycles. The lowest BCUT2D eigenvalue weighted by Crippen LogP contribution is -2.46. The van der Waals surface area contributed by atoms with Crippen molar-refractivity contribution in [1.82, 2.24) is 10.2 Å². The first kappa shape index (κ1) is 15.0. The van der Waals surface area contributed by atoms with E-state index in [1.807, 2.05) is 0 Å². The molecule has 3 heteroatoms. The largest absolute Gasteiger partial charge is 0.389 e. The molecule has 1 aromatic carbocycles. The highest BCUT2D eigenvalue weighted by Crippen LogP contribution is 2.27. The van der Waals surface area contributed by atoms with Crippen LogP contribution in [0.5, 0.6) is 0 Å². The molecule has 1 atom stereocenters. The summed E-state index contributed by atoms with van der Waals surface area (Å²) in [6.45, 7) is 4.08. The van der Waals surface area contributed by atoms with Crippen LogP contribution in [-0.4, -0.2) is 41.3 Å². The fourth-order valence-electron chi connectivity index (χ4n) is 3.71. The van der Waals surface area contributed by atoms with E-state index in [1.54, 1.807) is 0 Å². The highest BCUT2D eigenvalue weighted by Gasteiger charge is 2.31. The average Bonchev–Trinajstić information content (AvgIpc) is 2.95. The van der Waals surface area contributed by atoms with Crippen LogP contribution in [0, 0.1) is 0 Å². The van der Waals surface area contributed by atoms with Crippen LogP contribution in [0.4, 0.5) is 0 Å². The van der Waals surface area contributed by atoms with Crippen LogP contribution in [-0.2, 0) is 6.54 Å². The third-order valence-electron chi connectivity index (χ3n) is 5.03. The minimum Gasteiger partial charge on any atom is -0.389 e. The Morgan fingerprint density at radius 2 is 1.90 bits per heavy atom. The highest BCUT2D eigenvalue weighted by atomic mass is 16.3.